The van der Waals surface area contributed by atoms with Crippen molar-refractivity contribution in [2.45, 2.75) is 19.5 Å². The van der Waals surface area contributed by atoms with E-state index in [-0.39, 0.29) is 18.6 Å². The first-order valence-corrected chi connectivity index (χ1v) is 8.74. The maximum atomic E-state index is 11.8. The molecule has 0 aromatic carbocycles. The molecule has 10 heteroatoms. The van der Waals surface area contributed by atoms with Crippen LogP contribution in [0.3, 0.4) is 0 Å². The Morgan fingerprint density at radius 1 is 1.41 bits per heavy atom. The summed E-state index contributed by atoms with van der Waals surface area (Å²) in [5.74, 6) is 1.45. The summed E-state index contributed by atoms with van der Waals surface area (Å²) < 4.78 is 9.55. The molecule has 0 fully saturated rings. The molecular formula is C17H22N8O2. The molecular weight excluding hydrogens is 348 g/mol. The fraction of sp³-hybridized carbons (Fsp3) is 0.471. The topological polar surface area (TPSA) is 93.7 Å². The Labute approximate surface area is 156 Å². The molecule has 10 nitrogen and oxygen atoms in total. The maximum absolute atomic E-state index is 11.8. The number of aromatic nitrogens is 6. The Hall–Kier alpha value is -3.01. The number of anilines is 1. The van der Waals surface area contributed by atoms with E-state index >= 15 is 0 Å². The summed E-state index contributed by atoms with van der Waals surface area (Å²) in [4.78, 5) is 28.4. The minimum absolute atomic E-state index is 0.0401. The molecule has 4 heterocycles. The van der Waals surface area contributed by atoms with Crippen LogP contribution in [0.1, 0.15) is 17.4 Å². The van der Waals surface area contributed by atoms with Crippen molar-refractivity contribution in [2.24, 2.45) is 0 Å². The van der Waals surface area contributed by atoms with Crippen molar-refractivity contribution in [3.63, 3.8) is 0 Å². The number of nitrogens with zero attached hydrogens (tertiary/aromatic N) is 8. The molecule has 3 aromatic heterocycles. The third kappa shape index (κ3) is 3.35. The summed E-state index contributed by atoms with van der Waals surface area (Å²) >= 11 is 0. The molecule has 142 valence electrons. The second kappa shape index (κ2) is 6.95. The first kappa shape index (κ1) is 17.4. The van der Waals surface area contributed by atoms with Gasteiger partial charge >= 0.3 is 0 Å². The predicted octanol–water partition coefficient (Wildman–Crippen LogP) is 0.295. The second-order valence-corrected chi connectivity index (χ2v) is 6.86. The average Bonchev–Trinajstić information content (AvgIpc) is 3.29. The molecule has 1 atom stereocenters. The minimum Gasteiger partial charge on any atom is -0.369 e. The lowest BCUT2D eigenvalue weighted by Crippen LogP contribution is -2.40. The van der Waals surface area contributed by atoms with E-state index < -0.39 is 0 Å². The molecule has 4 rings (SSSR count). The zero-order valence-electron chi connectivity index (χ0n) is 15.6. The van der Waals surface area contributed by atoms with Crippen molar-refractivity contribution in [1.82, 2.24) is 34.0 Å². The van der Waals surface area contributed by atoms with Crippen LogP contribution in [0.4, 0.5) is 5.82 Å². The summed E-state index contributed by atoms with van der Waals surface area (Å²) in [5, 5.41) is 4.31. The highest BCUT2D eigenvalue weighted by Gasteiger charge is 2.27. The molecule has 0 unspecified atom stereocenters. The van der Waals surface area contributed by atoms with Crippen LogP contribution in [0.25, 0.3) is 5.78 Å². The van der Waals surface area contributed by atoms with Crippen molar-refractivity contribution in [3.8, 4) is 0 Å². The summed E-state index contributed by atoms with van der Waals surface area (Å²) in [6, 6.07) is 2.04. The zero-order valence-corrected chi connectivity index (χ0v) is 15.6. The second-order valence-electron chi connectivity index (χ2n) is 6.86. The molecule has 0 bridgehead atoms. The Kier molecular flexibility index (Phi) is 4.48. The number of likely N-dealkylation sites (N-methyl/N-ethyl adjacent to an activating group) is 1. The van der Waals surface area contributed by atoms with E-state index in [9.17, 15) is 4.79 Å². The Bertz CT molecular complexity index is 963. The standard InChI is InChI=1S/C17H22N8O2/c1-12-4-15(25-17(21-12)19-10-20-25)23-6-13-5-18-11-24(13)14(7-23)8-27-9-16(26)22(2)3/h4-5,10-11,14H,6-9H2,1-3H3/t14-/m0/s1. The minimum atomic E-state index is -0.0531. The van der Waals surface area contributed by atoms with E-state index in [2.05, 4.69) is 29.5 Å². The Morgan fingerprint density at radius 2 is 2.26 bits per heavy atom. The van der Waals surface area contributed by atoms with Crippen LogP contribution in [0.15, 0.2) is 24.9 Å². The van der Waals surface area contributed by atoms with Crippen molar-refractivity contribution in [3.05, 3.63) is 36.3 Å². The monoisotopic (exact) mass is 370 g/mol. The van der Waals surface area contributed by atoms with Gasteiger partial charge in [-0.2, -0.15) is 14.6 Å². The van der Waals surface area contributed by atoms with Gasteiger partial charge < -0.3 is 19.1 Å². The van der Waals surface area contributed by atoms with Gasteiger partial charge in [-0.3, -0.25) is 4.79 Å². The zero-order chi connectivity index (χ0) is 19.0. The van der Waals surface area contributed by atoms with Crippen LogP contribution < -0.4 is 4.90 Å². The van der Waals surface area contributed by atoms with Crippen molar-refractivity contribution in [1.29, 1.82) is 0 Å². The lowest BCUT2D eigenvalue weighted by atomic mass is 10.2. The highest BCUT2D eigenvalue weighted by molar-refractivity contribution is 5.76. The summed E-state index contributed by atoms with van der Waals surface area (Å²) in [7, 11) is 3.44. The number of carbonyl (C=O) groups is 1. The lowest BCUT2D eigenvalue weighted by molar-refractivity contribution is -0.133. The highest BCUT2D eigenvalue weighted by Crippen LogP contribution is 2.26. The van der Waals surface area contributed by atoms with E-state index in [0.717, 1.165) is 17.2 Å². The average molecular weight is 370 g/mol. The van der Waals surface area contributed by atoms with Gasteiger partial charge in [0.25, 0.3) is 5.78 Å². The number of carbonyl (C=O) groups excluding carboxylic acids is 1. The first-order valence-electron chi connectivity index (χ1n) is 8.74. The molecule has 0 saturated heterocycles. The fourth-order valence-electron chi connectivity index (χ4n) is 3.24. The summed E-state index contributed by atoms with van der Waals surface area (Å²) in [6.07, 6.45) is 5.18. The highest BCUT2D eigenvalue weighted by atomic mass is 16.5. The fourth-order valence-corrected chi connectivity index (χ4v) is 3.24. The van der Waals surface area contributed by atoms with Gasteiger partial charge in [-0.05, 0) is 6.92 Å². The van der Waals surface area contributed by atoms with Crippen molar-refractivity contribution >= 4 is 17.5 Å². The van der Waals surface area contributed by atoms with Gasteiger partial charge in [0.05, 0.1) is 31.2 Å². The van der Waals surface area contributed by atoms with Crippen LogP contribution in [-0.4, -0.2) is 73.8 Å². The molecule has 0 N–H and O–H groups in total. The van der Waals surface area contributed by atoms with Gasteiger partial charge in [-0.15, -0.1) is 0 Å². The largest absolute Gasteiger partial charge is 0.369 e. The van der Waals surface area contributed by atoms with E-state index in [0.29, 0.717) is 25.5 Å². The number of rotatable bonds is 5. The van der Waals surface area contributed by atoms with Crippen molar-refractivity contribution < 1.29 is 9.53 Å². The summed E-state index contributed by atoms with van der Waals surface area (Å²) in [5.41, 5.74) is 1.96. The normalized spacial score (nSPS) is 16.6. The lowest BCUT2D eigenvalue weighted by Gasteiger charge is -2.35. The number of fused-ring (bicyclic) bond motifs is 2. The van der Waals surface area contributed by atoms with E-state index in [1.165, 1.54) is 11.2 Å². The third-order valence-corrected chi connectivity index (χ3v) is 4.64. The van der Waals surface area contributed by atoms with Crippen LogP contribution in [0, 0.1) is 6.92 Å². The number of amides is 1. The molecule has 1 aliphatic rings. The molecule has 0 aliphatic carbocycles. The SMILES string of the molecule is Cc1cc(N2Cc3cncn3[C@H](COCC(=O)N(C)C)C2)n2ncnc2n1. The van der Waals surface area contributed by atoms with Crippen LogP contribution in [-0.2, 0) is 16.1 Å². The molecule has 1 aliphatic heterocycles. The van der Waals surface area contributed by atoms with Gasteiger partial charge in [0.1, 0.15) is 18.8 Å². The molecule has 0 spiro atoms. The third-order valence-electron chi connectivity index (χ3n) is 4.64. The van der Waals surface area contributed by atoms with Gasteiger partial charge in [-0.1, -0.05) is 0 Å². The number of hydrogen-bond donors (Lipinski definition) is 0. The van der Waals surface area contributed by atoms with Gasteiger partial charge in [-0.25, -0.2) is 9.97 Å². The summed E-state index contributed by atoms with van der Waals surface area (Å²) in [6.45, 7) is 3.84. The van der Waals surface area contributed by atoms with Gasteiger partial charge in [0.15, 0.2) is 0 Å². The van der Waals surface area contributed by atoms with Crippen LogP contribution in [0.5, 0.6) is 0 Å². The Morgan fingerprint density at radius 3 is 3.07 bits per heavy atom. The maximum Gasteiger partial charge on any atom is 0.254 e. The number of aryl methyl sites for hydroxylation is 1. The quantitative estimate of drug-likeness (QED) is 0.637. The number of imidazole rings is 1. The van der Waals surface area contributed by atoms with E-state index in [1.807, 2.05) is 25.5 Å². The van der Waals surface area contributed by atoms with E-state index in [1.54, 1.807) is 18.6 Å². The molecule has 27 heavy (non-hydrogen) atoms. The molecule has 3 aromatic rings. The van der Waals surface area contributed by atoms with Crippen LogP contribution in [0.2, 0.25) is 0 Å². The van der Waals surface area contributed by atoms with Gasteiger partial charge in [0.2, 0.25) is 5.91 Å². The number of hydrogen-bond acceptors (Lipinski definition) is 7. The van der Waals surface area contributed by atoms with Gasteiger partial charge in [0, 0.05) is 38.6 Å². The smallest absolute Gasteiger partial charge is 0.254 e. The van der Waals surface area contributed by atoms with E-state index in [4.69, 9.17) is 4.74 Å². The van der Waals surface area contributed by atoms with Crippen molar-refractivity contribution in [2.75, 3.05) is 38.8 Å². The molecule has 0 radical (unpaired) electrons. The molecule has 1 amide bonds. The first-order chi connectivity index (χ1) is 13.0. The molecule has 0 saturated carbocycles. The van der Waals surface area contributed by atoms with Crippen LogP contribution >= 0.6 is 0 Å². The predicted molar refractivity (Wildman–Crippen MR) is 97.3 cm³/mol. The number of ether oxygens (including phenoxy) is 1. The Balaban J connectivity index is 1.57.